The normalized spacial score (nSPS) is 15.8. The first kappa shape index (κ1) is 15.6. The summed E-state index contributed by atoms with van der Waals surface area (Å²) >= 11 is 0. The first-order valence-corrected chi connectivity index (χ1v) is 7.40. The number of aromatic nitrogens is 2. The van der Waals surface area contributed by atoms with Gasteiger partial charge in [0.25, 0.3) is 0 Å². The summed E-state index contributed by atoms with van der Waals surface area (Å²) < 4.78 is 68.7. The van der Waals surface area contributed by atoms with E-state index in [1.165, 1.54) is 7.05 Å². The molecule has 1 aromatic heterocycles. The number of oxime groups is 1. The predicted molar refractivity (Wildman–Crippen MR) is 65.4 cm³/mol. The van der Waals surface area contributed by atoms with Crippen LogP contribution in [0.25, 0.3) is 0 Å². The van der Waals surface area contributed by atoms with Gasteiger partial charge in [0.15, 0.2) is 20.6 Å². The minimum Gasteiger partial charge on any atom is -0.481 e. The van der Waals surface area contributed by atoms with Crippen molar-refractivity contribution in [1.29, 1.82) is 0 Å². The zero-order valence-electron chi connectivity index (χ0n) is 11.1. The Hall–Kier alpha value is -1.78. The molecule has 7 nitrogen and oxygen atoms in total. The van der Waals surface area contributed by atoms with E-state index in [-0.39, 0.29) is 24.0 Å². The predicted octanol–water partition coefficient (Wildman–Crippen LogP) is 1.10. The number of alkyl halides is 3. The molecule has 1 aliphatic rings. The van der Waals surface area contributed by atoms with Gasteiger partial charge in [0.1, 0.15) is 6.61 Å². The van der Waals surface area contributed by atoms with Gasteiger partial charge in [0.2, 0.25) is 5.88 Å². The summed E-state index contributed by atoms with van der Waals surface area (Å²) in [5.41, 5.74) is -1.83. The molecule has 0 radical (unpaired) electrons. The van der Waals surface area contributed by atoms with Gasteiger partial charge in [0, 0.05) is 13.5 Å². The lowest BCUT2D eigenvalue weighted by Gasteiger charge is -2.08. The van der Waals surface area contributed by atoms with Crippen molar-refractivity contribution in [3.8, 4) is 5.88 Å². The number of aryl methyl sites for hydroxylation is 1. The van der Waals surface area contributed by atoms with Crippen LogP contribution in [0.4, 0.5) is 13.2 Å². The van der Waals surface area contributed by atoms with Crippen molar-refractivity contribution in [3.63, 3.8) is 0 Å². The molecular formula is C10H12F3N3O4S. The molecule has 0 aliphatic carbocycles. The highest BCUT2D eigenvalue weighted by atomic mass is 32.2. The largest absolute Gasteiger partial charge is 0.481 e. The summed E-state index contributed by atoms with van der Waals surface area (Å²) in [4.78, 5) is 4.57. The van der Waals surface area contributed by atoms with E-state index in [4.69, 9.17) is 4.74 Å². The van der Waals surface area contributed by atoms with Crippen molar-refractivity contribution < 1.29 is 31.2 Å². The Bertz CT molecular complexity index is 678. The van der Waals surface area contributed by atoms with Gasteiger partial charge in [0.05, 0.1) is 18.4 Å². The van der Waals surface area contributed by atoms with Crippen molar-refractivity contribution in [2.75, 3.05) is 13.7 Å². The molecule has 2 heterocycles. The second kappa shape index (κ2) is 5.20. The third kappa shape index (κ3) is 2.96. The van der Waals surface area contributed by atoms with E-state index in [0.29, 0.717) is 0 Å². The lowest BCUT2D eigenvalue weighted by molar-refractivity contribution is -0.141. The average Bonchev–Trinajstić information content (AvgIpc) is 2.96. The minimum absolute atomic E-state index is 0.0340. The Kier molecular flexibility index (Phi) is 3.87. The summed E-state index contributed by atoms with van der Waals surface area (Å²) in [6.45, 7) is 0.0882. The standard InChI is InChI=1S/C10H12F3N3O4S/c1-16-9(19-2)6(8(14-16)10(11,12)13)5-21(17,18)7-3-4-20-15-7/h3-5H2,1-2H3. The smallest absolute Gasteiger partial charge is 0.435 e. The summed E-state index contributed by atoms with van der Waals surface area (Å²) in [7, 11) is -1.64. The van der Waals surface area contributed by atoms with E-state index in [2.05, 4.69) is 15.1 Å². The van der Waals surface area contributed by atoms with Gasteiger partial charge in [-0.15, -0.1) is 0 Å². The number of ether oxygens (including phenoxy) is 1. The van der Waals surface area contributed by atoms with Crippen LogP contribution in [0, 0.1) is 0 Å². The molecule has 21 heavy (non-hydrogen) atoms. The number of methoxy groups -OCH3 is 1. The van der Waals surface area contributed by atoms with Gasteiger partial charge in [-0.25, -0.2) is 13.1 Å². The molecule has 0 bridgehead atoms. The van der Waals surface area contributed by atoms with Gasteiger partial charge >= 0.3 is 6.18 Å². The SMILES string of the molecule is COc1c(CS(=O)(=O)C2=NOCC2)c(C(F)(F)F)nn1C. The van der Waals surface area contributed by atoms with Gasteiger partial charge < -0.3 is 9.57 Å². The van der Waals surface area contributed by atoms with Crippen LogP contribution in [0.2, 0.25) is 0 Å². The number of sulfone groups is 1. The van der Waals surface area contributed by atoms with E-state index in [1.807, 2.05) is 0 Å². The van der Waals surface area contributed by atoms with Crippen LogP contribution in [0.5, 0.6) is 5.88 Å². The summed E-state index contributed by atoms with van der Waals surface area (Å²) in [5, 5.41) is 6.36. The molecule has 1 aliphatic heterocycles. The highest BCUT2D eigenvalue weighted by molar-refractivity contribution is 8.05. The maximum absolute atomic E-state index is 12.9. The fourth-order valence-electron chi connectivity index (χ4n) is 1.95. The summed E-state index contributed by atoms with van der Waals surface area (Å²) in [5.74, 6) is -1.16. The Balaban J connectivity index is 2.48. The second-order valence-corrected chi connectivity index (χ2v) is 6.27. The van der Waals surface area contributed by atoms with Crippen molar-refractivity contribution >= 4 is 14.9 Å². The summed E-state index contributed by atoms with van der Waals surface area (Å²) in [6.07, 6.45) is -4.75. The number of halogens is 3. The Morgan fingerprint density at radius 3 is 2.57 bits per heavy atom. The Morgan fingerprint density at radius 1 is 1.43 bits per heavy atom. The molecule has 1 aromatic rings. The molecule has 0 saturated carbocycles. The zero-order valence-corrected chi connectivity index (χ0v) is 12.0. The minimum atomic E-state index is -4.78. The van der Waals surface area contributed by atoms with E-state index in [0.717, 1.165) is 11.8 Å². The summed E-state index contributed by atoms with van der Waals surface area (Å²) in [6, 6.07) is 0. The first-order chi connectivity index (χ1) is 9.66. The van der Waals surface area contributed by atoms with Gasteiger partial charge in [-0.05, 0) is 0 Å². The van der Waals surface area contributed by atoms with Gasteiger partial charge in [-0.1, -0.05) is 5.16 Å². The third-order valence-electron chi connectivity index (χ3n) is 2.82. The molecule has 0 saturated heterocycles. The molecule has 118 valence electrons. The highest BCUT2D eigenvalue weighted by Crippen LogP contribution is 2.36. The zero-order chi connectivity index (χ0) is 15.8. The van der Waals surface area contributed by atoms with Crippen LogP contribution in [0.3, 0.4) is 0 Å². The number of hydrogen-bond donors (Lipinski definition) is 0. The maximum Gasteiger partial charge on any atom is 0.435 e. The lowest BCUT2D eigenvalue weighted by Crippen LogP contribution is -2.18. The van der Waals surface area contributed by atoms with Gasteiger partial charge in [-0.2, -0.15) is 18.3 Å². The number of hydrogen-bond acceptors (Lipinski definition) is 6. The van der Waals surface area contributed by atoms with Crippen LogP contribution < -0.4 is 4.74 Å². The highest BCUT2D eigenvalue weighted by Gasteiger charge is 2.41. The van der Waals surface area contributed by atoms with E-state index in [9.17, 15) is 21.6 Å². The topological polar surface area (TPSA) is 82.8 Å². The molecule has 0 atom stereocenters. The number of nitrogens with zero attached hydrogens (tertiary/aromatic N) is 3. The first-order valence-electron chi connectivity index (χ1n) is 5.75. The molecular weight excluding hydrogens is 315 g/mol. The molecule has 0 N–H and O–H groups in total. The van der Waals surface area contributed by atoms with Crippen molar-refractivity contribution in [3.05, 3.63) is 11.3 Å². The molecule has 0 fully saturated rings. The van der Waals surface area contributed by atoms with E-state index < -0.39 is 33.0 Å². The fraction of sp³-hybridized carbons (Fsp3) is 0.600. The molecule has 2 rings (SSSR count). The molecule has 0 aromatic carbocycles. The van der Waals surface area contributed by atoms with Crippen LogP contribution >= 0.6 is 0 Å². The quantitative estimate of drug-likeness (QED) is 0.830. The monoisotopic (exact) mass is 327 g/mol. The maximum atomic E-state index is 12.9. The Morgan fingerprint density at radius 2 is 2.10 bits per heavy atom. The third-order valence-corrected chi connectivity index (χ3v) is 4.48. The van der Waals surface area contributed by atoms with Crippen LogP contribution in [-0.4, -0.2) is 37.0 Å². The lowest BCUT2D eigenvalue weighted by atomic mass is 10.2. The molecule has 0 unspecified atom stereocenters. The van der Waals surface area contributed by atoms with Crippen molar-refractivity contribution in [2.24, 2.45) is 12.2 Å². The molecule has 11 heteroatoms. The van der Waals surface area contributed by atoms with Crippen LogP contribution in [-0.2, 0) is 33.7 Å². The average molecular weight is 327 g/mol. The molecule has 0 amide bonds. The van der Waals surface area contributed by atoms with Crippen LogP contribution in [0.1, 0.15) is 17.7 Å². The van der Waals surface area contributed by atoms with E-state index >= 15 is 0 Å². The fourth-order valence-corrected chi connectivity index (χ4v) is 3.31. The van der Waals surface area contributed by atoms with Gasteiger partial charge in [-0.3, -0.25) is 0 Å². The van der Waals surface area contributed by atoms with Crippen LogP contribution in [0.15, 0.2) is 5.16 Å². The Labute approximate surface area is 118 Å². The molecule has 0 spiro atoms. The number of rotatable bonds is 3. The van der Waals surface area contributed by atoms with Crippen molar-refractivity contribution in [2.45, 2.75) is 18.3 Å². The van der Waals surface area contributed by atoms with Crippen molar-refractivity contribution in [1.82, 2.24) is 9.78 Å². The second-order valence-electron chi connectivity index (χ2n) is 4.29. The van der Waals surface area contributed by atoms with E-state index in [1.54, 1.807) is 0 Å².